The van der Waals surface area contributed by atoms with E-state index in [4.69, 9.17) is 22.5 Å². The van der Waals surface area contributed by atoms with Crippen LogP contribution in [0.25, 0.3) is 0 Å². The van der Waals surface area contributed by atoms with Gasteiger partial charge in [-0.25, -0.2) is 0 Å². The molecule has 0 saturated carbocycles. The van der Waals surface area contributed by atoms with Crippen molar-refractivity contribution < 1.29 is 4.79 Å². The van der Waals surface area contributed by atoms with Gasteiger partial charge in [0.15, 0.2) is 0 Å². The summed E-state index contributed by atoms with van der Waals surface area (Å²) >= 11 is 17.2. The van der Waals surface area contributed by atoms with Crippen LogP contribution in [0.1, 0.15) is 0 Å². The Labute approximate surface area is 257 Å². The van der Waals surface area contributed by atoms with E-state index in [1.165, 1.54) is 0 Å². The number of benzene rings is 6. The van der Waals surface area contributed by atoms with Crippen molar-refractivity contribution >= 4 is 71.5 Å². The van der Waals surface area contributed by atoms with Gasteiger partial charge in [0.05, 0.1) is 0 Å². The topological polar surface area (TPSA) is 17.1 Å². The van der Waals surface area contributed by atoms with Crippen molar-refractivity contribution in [2.24, 2.45) is 0 Å². The van der Waals surface area contributed by atoms with Gasteiger partial charge in [-0.05, 0) is 0 Å². The molecule has 0 aliphatic rings. The summed E-state index contributed by atoms with van der Waals surface area (Å²) in [6, 6.07) is 59.0. The van der Waals surface area contributed by atoms with Gasteiger partial charge < -0.3 is 0 Å². The maximum absolute atomic E-state index is 16.8. The molecule has 0 spiro atoms. The summed E-state index contributed by atoms with van der Waals surface area (Å²) in [6.45, 7) is 0. The van der Waals surface area contributed by atoms with Gasteiger partial charge in [-0.3, -0.25) is 0 Å². The van der Waals surface area contributed by atoms with Crippen molar-refractivity contribution in [3.63, 3.8) is 0 Å². The molecule has 0 heterocycles. The molecule has 0 aromatic heterocycles. The molecular formula is C37H30Cl2OP2. The standard InChI is InChI=1S/C37H30Cl2OP2/c38-41(31-19-7-1-8-20-31,32-21-9-2-10-22-32,33-23-11-3-12-24-33)37(40)42(39,34-25-13-4-14-26-34,35-27-15-5-16-28-35)36-29-17-6-18-30-36/h1-30H. The molecule has 6 aromatic carbocycles. The molecule has 0 atom stereocenters. The zero-order chi connectivity index (χ0) is 29.1. The minimum absolute atomic E-state index is 0.164. The molecule has 0 saturated heterocycles. The summed E-state index contributed by atoms with van der Waals surface area (Å²) in [5, 5.41) is 4.36. The number of halogens is 2. The molecule has 0 aliphatic carbocycles. The van der Waals surface area contributed by atoms with Crippen molar-refractivity contribution in [2.45, 2.75) is 0 Å². The summed E-state index contributed by atoms with van der Waals surface area (Å²) in [6.07, 6.45) is 0. The number of carbonyl (C=O) groups excluding carboxylic acids is 1. The van der Waals surface area contributed by atoms with Crippen LogP contribution >= 0.6 is 34.4 Å². The fourth-order valence-electron chi connectivity index (χ4n) is 6.16. The first-order chi connectivity index (χ1) is 20.4. The SMILES string of the molecule is O=C(P(Cl)(c1ccccc1)(c1ccccc1)c1ccccc1)P(Cl)(c1ccccc1)(c1ccccc1)c1ccccc1. The number of hydrogen-bond donors (Lipinski definition) is 0. The maximum atomic E-state index is 16.8. The minimum atomic E-state index is -4.57. The molecule has 1 nitrogen and oxygen atoms in total. The third-order valence-electron chi connectivity index (χ3n) is 8.16. The Morgan fingerprint density at radius 1 is 0.310 bits per heavy atom. The van der Waals surface area contributed by atoms with Crippen LogP contribution in [0.5, 0.6) is 0 Å². The van der Waals surface area contributed by atoms with E-state index in [9.17, 15) is 0 Å². The first kappa shape index (κ1) is 28.5. The van der Waals surface area contributed by atoms with E-state index in [1.807, 2.05) is 182 Å². The van der Waals surface area contributed by atoms with Gasteiger partial charge in [0.25, 0.3) is 0 Å². The van der Waals surface area contributed by atoms with Crippen molar-refractivity contribution in [1.29, 1.82) is 0 Å². The van der Waals surface area contributed by atoms with E-state index in [0.29, 0.717) is 0 Å². The Hall–Kier alpha value is -3.57. The molecule has 0 bridgehead atoms. The number of rotatable bonds is 8. The molecule has 0 radical (unpaired) electrons. The normalized spacial score (nSPS) is 13.7. The van der Waals surface area contributed by atoms with Crippen LogP contribution in [0.15, 0.2) is 182 Å². The first-order valence-electron chi connectivity index (χ1n) is 13.8. The van der Waals surface area contributed by atoms with Gasteiger partial charge >= 0.3 is 258 Å². The quantitative estimate of drug-likeness (QED) is 0.156. The Bertz CT molecular complexity index is 1480. The van der Waals surface area contributed by atoms with Gasteiger partial charge in [-0.1, -0.05) is 0 Å². The van der Waals surface area contributed by atoms with Crippen molar-refractivity contribution in [1.82, 2.24) is 0 Å². The summed E-state index contributed by atoms with van der Waals surface area (Å²) in [7, 11) is 0. The zero-order valence-electron chi connectivity index (χ0n) is 22.9. The molecule has 208 valence electrons. The second-order valence-electron chi connectivity index (χ2n) is 10.3. The van der Waals surface area contributed by atoms with Crippen molar-refractivity contribution in [2.75, 3.05) is 0 Å². The summed E-state index contributed by atoms with van der Waals surface area (Å²) in [5.41, 5.74) is 0. The average molecular weight is 624 g/mol. The van der Waals surface area contributed by atoms with Crippen molar-refractivity contribution in [3.05, 3.63) is 182 Å². The van der Waals surface area contributed by atoms with E-state index in [1.54, 1.807) is 0 Å². The average Bonchev–Trinajstić information content (AvgIpc) is 3.10. The molecule has 0 amide bonds. The second-order valence-corrected chi connectivity index (χ2v) is 22.7. The molecule has 0 unspecified atom stereocenters. The molecule has 0 fully saturated rings. The molecule has 6 aromatic rings. The fraction of sp³-hybridized carbons (Fsp3) is 0. The van der Waals surface area contributed by atoms with Gasteiger partial charge in [-0.15, -0.1) is 0 Å². The van der Waals surface area contributed by atoms with Crippen molar-refractivity contribution in [3.8, 4) is 0 Å². The van der Waals surface area contributed by atoms with Crippen LogP contribution in [-0.4, -0.2) is 5.27 Å². The van der Waals surface area contributed by atoms with Crippen LogP contribution in [0.2, 0.25) is 0 Å². The molecule has 0 N–H and O–H groups in total. The van der Waals surface area contributed by atoms with Crippen LogP contribution in [0.4, 0.5) is 4.79 Å². The molecule has 6 rings (SSSR count). The van der Waals surface area contributed by atoms with Gasteiger partial charge in [0.1, 0.15) is 0 Å². The van der Waals surface area contributed by atoms with E-state index >= 15 is 4.79 Å². The summed E-state index contributed by atoms with van der Waals surface area (Å²) in [4.78, 5) is 16.8. The number of carbonyl (C=O) groups is 1. The van der Waals surface area contributed by atoms with Crippen LogP contribution in [-0.2, 0) is 0 Å². The first-order valence-corrected chi connectivity index (χ1v) is 20.1. The third-order valence-corrected chi connectivity index (χ3v) is 24.8. The van der Waals surface area contributed by atoms with Gasteiger partial charge in [0, 0.05) is 0 Å². The van der Waals surface area contributed by atoms with E-state index < -0.39 is 11.9 Å². The molecule has 5 heteroatoms. The van der Waals surface area contributed by atoms with E-state index in [0.717, 1.165) is 31.8 Å². The Balaban J connectivity index is 1.92. The number of hydrogen-bond acceptors (Lipinski definition) is 1. The molecule has 42 heavy (non-hydrogen) atoms. The van der Waals surface area contributed by atoms with E-state index in [2.05, 4.69) is 0 Å². The molecular weight excluding hydrogens is 593 g/mol. The van der Waals surface area contributed by atoms with Crippen LogP contribution in [0.3, 0.4) is 0 Å². The van der Waals surface area contributed by atoms with Gasteiger partial charge in [-0.2, -0.15) is 0 Å². The second kappa shape index (κ2) is 10.9. The summed E-state index contributed by atoms with van der Waals surface area (Å²) < 4.78 is 0. The van der Waals surface area contributed by atoms with Crippen LogP contribution in [0, 0.1) is 0 Å². The van der Waals surface area contributed by atoms with Gasteiger partial charge in [0.2, 0.25) is 0 Å². The predicted molar refractivity (Wildman–Crippen MR) is 187 cm³/mol. The van der Waals surface area contributed by atoms with Crippen LogP contribution < -0.4 is 31.8 Å². The summed E-state index contributed by atoms with van der Waals surface area (Å²) in [5.74, 6) is -9.14. The third kappa shape index (κ3) is 3.89. The van der Waals surface area contributed by atoms with E-state index in [-0.39, 0.29) is 5.27 Å². The fourth-order valence-corrected chi connectivity index (χ4v) is 23.7. The predicted octanol–water partition coefficient (Wildman–Crippen LogP) is 8.47. The Morgan fingerprint density at radius 2 is 0.452 bits per heavy atom. The molecule has 0 aliphatic heterocycles. The zero-order valence-corrected chi connectivity index (χ0v) is 26.2. The Morgan fingerprint density at radius 3 is 0.595 bits per heavy atom. The Kier molecular flexibility index (Phi) is 7.43. The monoisotopic (exact) mass is 622 g/mol.